The third-order valence-corrected chi connectivity index (χ3v) is 5.31. The Bertz CT molecular complexity index is 858. The van der Waals surface area contributed by atoms with Crippen LogP contribution in [-0.2, 0) is 0 Å². The van der Waals surface area contributed by atoms with Gasteiger partial charge < -0.3 is 14.6 Å². The number of hydrogen-bond acceptors (Lipinski definition) is 6. The smallest absolute Gasteiger partial charge is 0.349 e. The minimum Gasteiger partial charge on any atom is -0.427 e. The minimum atomic E-state index is -0.549. The van der Waals surface area contributed by atoms with E-state index in [9.17, 15) is 9.59 Å². The molecule has 1 unspecified atom stereocenters. The highest BCUT2D eigenvalue weighted by Gasteiger charge is 2.25. The molecule has 1 aliphatic rings. The van der Waals surface area contributed by atoms with Gasteiger partial charge in [0.05, 0.1) is 0 Å². The SMILES string of the molecule is CCCC(C)c1cc(C)c(C(=O)NC2CCN(c3cccnn3)CC2)c(=O)o1. The number of carbonyl (C=O) groups excluding carboxylic acids is 1. The van der Waals surface area contributed by atoms with Gasteiger partial charge in [0.1, 0.15) is 11.3 Å². The lowest BCUT2D eigenvalue weighted by molar-refractivity contribution is 0.0925. The van der Waals surface area contributed by atoms with Crippen LogP contribution in [0.4, 0.5) is 5.82 Å². The number of anilines is 1. The fourth-order valence-electron chi connectivity index (χ4n) is 3.70. The molecule has 0 aromatic carbocycles. The van der Waals surface area contributed by atoms with Crippen LogP contribution in [0.3, 0.4) is 0 Å². The summed E-state index contributed by atoms with van der Waals surface area (Å²) in [7, 11) is 0. The maximum Gasteiger partial charge on any atom is 0.349 e. The molecule has 0 aliphatic carbocycles. The summed E-state index contributed by atoms with van der Waals surface area (Å²) in [6, 6.07) is 5.65. The normalized spacial score (nSPS) is 16.0. The largest absolute Gasteiger partial charge is 0.427 e. The van der Waals surface area contributed by atoms with Crippen LogP contribution in [0.15, 0.2) is 33.6 Å². The van der Waals surface area contributed by atoms with Crippen molar-refractivity contribution in [3.8, 4) is 0 Å². The number of carbonyl (C=O) groups is 1. The molecule has 7 heteroatoms. The molecule has 28 heavy (non-hydrogen) atoms. The number of piperidine rings is 1. The van der Waals surface area contributed by atoms with Gasteiger partial charge in [-0.25, -0.2) is 4.79 Å². The molecule has 150 valence electrons. The Hall–Kier alpha value is -2.70. The van der Waals surface area contributed by atoms with Gasteiger partial charge in [0, 0.05) is 31.2 Å². The van der Waals surface area contributed by atoms with Crippen molar-refractivity contribution in [3.05, 3.63) is 51.7 Å². The molecule has 1 atom stereocenters. The topological polar surface area (TPSA) is 88.3 Å². The van der Waals surface area contributed by atoms with Crippen molar-refractivity contribution in [3.63, 3.8) is 0 Å². The lowest BCUT2D eigenvalue weighted by Crippen LogP contribution is -2.46. The zero-order valence-electron chi connectivity index (χ0n) is 16.8. The van der Waals surface area contributed by atoms with Crippen molar-refractivity contribution >= 4 is 11.7 Å². The number of rotatable bonds is 6. The van der Waals surface area contributed by atoms with E-state index in [-0.39, 0.29) is 23.4 Å². The van der Waals surface area contributed by atoms with Crippen molar-refractivity contribution in [1.29, 1.82) is 0 Å². The standard InChI is InChI=1S/C21H28N4O3/c1-4-6-14(2)17-13-15(3)19(21(27)28-17)20(26)23-16-8-11-25(12-9-16)18-7-5-10-22-24-18/h5,7,10,13-14,16H,4,6,8-9,11-12H2,1-3H3,(H,23,26). The number of nitrogens with one attached hydrogen (secondary N) is 1. The van der Waals surface area contributed by atoms with Crippen molar-refractivity contribution in [2.75, 3.05) is 18.0 Å². The maximum absolute atomic E-state index is 12.7. The first-order chi connectivity index (χ1) is 13.5. The predicted molar refractivity (Wildman–Crippen MR) is 108 cm³/mol. The van der Waals surface area contributed by atoms with Gasteiger partial charge in [0.2, 0.25) is 0 Å². The highest BCUT2D eigenvalue weighted by Crippen LogP contribution is 2.21. The van der Waals surface area contributed by atoms with Crippen LogP contribution in [0.25, 0.3) is 0 Å². The monoisotopic (exact) mass is 384 g/mol. The Balaban J connectivity index is 1.63. The van der Waals surface area contributed by atoms with E-state index in [4.69, 9.17) is 4.42 Å². The first-order valence-electron chi connectivity index (χ1n) is 9.97. The first-order valence-corrected chi connectivity index (χ1v) is 9.97. The van der Waals surface area contributed by atoms with Crippen LogP contribution in [0.5, 0.6) is 0 Å². The number of hydrogen-bond donors (Lipinski definition) is 1. The summed E-state index contributed by atoms with van der Waals surface area (Å²) in [5.41, 5.74) is 0.236. The Kier molecular flexibility index (Phi) is 6.44. The fraction of sp³-hybridized carbons (Fsp3) is 0.524. The summed E-state index contributed by atoms with van der Waals surface area (Å²) in [6.45, 7) is 7.49. The van der Waals surface area contributed by atoms with Gasteiger partial charge in [0.15, 0.2) is 5.82 Å². The molecule has 3 heterocycles. The van der Waals surface area contributed by atoms with Gasteiger partial charge in [-0.3, -0.25) is 4.79 Å². The summed E-state index contributed by atoms with van der Waals surface area (Å²) in [5.74, 6) is 1.32. The second-order valence-electron chi connectivity index (χ2n) is 7.50. The predicted octanol–water partition coefficient (Wildman–Crippen LogP) is 3.04. The molecule has 1 fully saturated rings. The number of aromatic nitrogens is 2. The van der Waals surface area contributed by atoms with E-state index in [1.54, 1.807) is 13.1 Å². The van der Waals surface area contributed by atoms with E-state index in [1.165, 1.54) is 0 Å². The zero-order valence-corrected chi connectivity index (χ0v) is 16.8. The molecule has 0 radical (unpaired) electrons. The van der Waals surface area contributed by atoms with Crippen molar-refractivity contribution in [2.24, 2.45) is 0 Å². The average molecular weight is 384 g/mol. The van der Waals surface area contributed by atoms with Gasteiger partial charge in [-0.1, -0.05) is 20.3 Å². The van der Waals surface area contributed by atoms with Crippen molar-refractivity contribution in [1.82, 2.24) is 15.5 Å². The van der Waals surface area contributed by atoms with Crippen LogP contribution in [0.2, 0.25) is 0 Å². The molecule has 0 bridgehead atoms. The molecular formula is C21H28N4O3. The van der Waals surface area contributed by atoms with E-state index < -0.39 is 5.63 Å². The van der Waals surface area contributed by atoms with Gasteiger partial charge >= 0.3 is 5.63 Å². The van der Waals surface area contributed by atoms with Crippen molar-refractivity contribution < 1.29 is 9.21 Å². The summed E-state index contributed by atoms with van der Waals surface area (Å²) in [5, 5.41) is 11.0. The molecule has 1 amide bonds. The minimum absolute atomic E-state index is 0.0258. The summed E-state index contributed by atoms with van der Waals surface area (Å²) in [4.78, 5) is 27.3. The van der Waals surface area contributed by atoms with E-state index in [0.29, 0.717) is 11.3 Å². The molecule has 1 N–H and O–H groups in total. The second-order valence-corrected chi connectivity index (χ2v) is 7.50. The van der Waals surface area contributed by atoms with Crippen LogP contribution in [0.1, 0.15) is 67.1 Å². The second kappa shape index (κ2) is 8.99. The van der Waals surface area contributed by atoms with E-state index in [2.05, 4.69) is 27.3 Å². The lowest BCUT2D eigenvalue weighted by Gasteiger charge is -2.32. The molecule has 2 aromatic rings. The molecule has 0 spiro atoms. The first kappa shape index (κ1) is 20.0. The number of aryl methyl sites for hydroxylation is 1. The Morgan fingerprint density at radius 1 is 1.39 bits per heavy atom. The molecule has 0 saturated carbocycles. The van der Waals surface area contributed by atoms with Crippen LogP contribution in [0, 0.1) is 6.92 Å². The molecule has 7 nitrogen and oxygen atoms in total. The average Bonchev–Trinajstić information content (AvgIpc) is 2.69. The van der Waals surface area contributed by atoms with Crippen LogP contribution < -0.4 is 15.8 Å². The van der Waals surface area contributed by atoms with E-state index in [0.717, 1.165) is 44.6 Å². The summed E-state index contributed by atoms with van der Waals surface area (Å²) in [6.07, 6.45) is 5.19. The Labute approximate surface area is 165 Å². The fourth-order valence-corrected chi connectivity index (χ4v) is 3.70. The number of nitrogens with zero attached hydrogens (tertiary/aromatic N) is 3. The van der Waals surface area contributed by atoms with Crippen LogP contribution >= 0.6 is 0 Å². The number of amides is 1. The Morgan fingerprint density at radius 2 is 2.14 bits per heavy atom. The molecule has 2 aromatic heterocycles. The van der Waals surface area contributed by atoms with Crippen molar-refractivity contribution in [2.45, 2.75) is 58.4 Å². The van der Waals surface area contributed by atoms with Gasteiger partial charge in [-0.15, -0.1) is 5.10 Å². The lowest BCUT2D eigenvalue weighted by atomic mass is 10.00. The molecule has 1 aliphatic heterocycles. The zero-order chi connectivity index (χ0) is 20.1. The summed E-state index contributed by atoms with van der Waals surface area (Å²) < 4.78 is 5.45. The highest BCUT2D eigenvalue weighted by molar-refractivity contribution is 5.95. The molecule has 3 rings (SSSR count). The van der Waals surface area contributed by atoms with Gasteiger partial charge in [-0.2, -0.15) is 5.10 Å². The third-order valence-electron chi connectivity index (χ3n) is 5.31. The summed E-state index contributed by atoms with van der Waals surface area (Å²) >= 11 is 0. The van der Waals surface area contributed by atoms with Gasteiger partial charge in [0.25, 0.3) is 5.91 Å². The highest BCUT2D eigenvalue weighted by atomic mass is 16.4. The molecular weight excluding hydrogens is 356 g/mol. The molecule has 1 saturated heterocycles. The van der Waals surface area contributed by atoms with E-state index in [1.807, 2.05) is 25.1 Å². The quantitative estimate of drug-likeness (QED) is 0.823. The van der Waals surface area contributed by atoms with Gasteiger partial charge in [-0.05, 0) is 49.9 Å². The third kappa shape index (κ3) is 4.58. The maximum atomic E-state index is 12.7. The Morgan fingerprint density at radius 3 is 2.75 bits per heavy atom. The van der Waals surface area contributed by atoms with E-state index >= 15 is 0 Å². The van der Waals surface area contributed by atoms with Crippen LogP contribution in [-0.4, -0.2) is 35.2 Å².